The van der Waals surface area contributed by atoms with Gasteiger partial charge in [-0.2, -0.15) is 10.2 Å². The first-order valence-electron chi connectivity index (χ1n) is 8.41. The summed E-state index contributed by atoms with van der Waals surface area (Å²) in [6, 6.07) is 9.82. The maximum atomic E-state index is 13.0. The molecule has 2 heterocycles. The Morgan fingerprint density at radius 3 is 2.36 bits per heavy atom. The molecular formula is C18H18N6O3S. The highest BCUT2D eigenvalue weighted by Gasteiger charge is 2.21. The third-order valence-electron chi connectivity index (χ3n) is 4.67. The number of aromatic amines is 2. The molecule has 0 saturated carbocycles. The lowest BCUT2D eigenvalue weighted by Crippen LogP contribution is -2.27. The maximum absolute atomic E-state index is 13.0. The SMILES string of the molecule is CN(C(=O)c1[nH]nc2c1ccc1[nH]ncc12)c1ccc(S(=O)(=O)N(C)C)cc1. The number of H-pyrrole nitrogens is 2. The van der Waals surface area contributed by atoms with Gasteiger partial charge in [0.25, 0.3) is 5.91 Å². The van der Waals surface area contributed by atoms with Gasteiger partial charge >= 0.3 is 0 Å². The number of hydrogen-bond donors (Lipinski definition) is 2. The van der Waals surface area contributed by atoms with Crippen LogP contribution in [0.5, 0.6) is 0 Å². The molecule has 4 rings (SSSR count). The molecule has 0 spiro atoms. The van der Waals surface area contributed by atoms with E-state index in [4.69, 9.17) is 0 Å². The zero-order chi connectivity index (χ0) is 20.1. The third kappa shape index (κ3) is 2.74. The fourth-order valence-electron chi connectivity index (χ4n) is 3.00. The van der Waals surface area contributed by atoms with Crippen LogP contribution < -0.4 is 4.90 Å². The number of sulfonamides is 1. The summed E-state index contributed by atoms with van der Waals surface area (Å²) in [5.41, 5.74) is 2.42. The lowest BCUT2D eigenvalue weighted by atomic mass is 10.1. The molecule has 0 aliphatic heterocycles. The molecule has 0 unspecified atom stereocenters. The fraction of sp³-hybridized carbons (Fsp3) is 0.167. The second-order valence-electron chi connectivity index (χ2n) is 6.54. The summed E-state index contributed by atoms with van der Waals surface area (Å²) in [6.45, 7) is 0. The first-order chi connectivity index (χ1) is 13.3. The summed E-state index contributed by atoms with van der Waals surface area (Å²) in [6.07, 6.45) is 1.67. The molecule has 0 saturated heterocycles. The first-order valence-corrected chi connectivity index (χ1v) is 9.85. The first kappa shape index (κ1) is 18.1. The van der Waals surface area contributed by atoms with Crippen LogP contribution in [0.15, 0.2) is 47.5 Å². The van der Waals surface area contributed by atoms with E-state index in [9.17, 15) is 13.2 Å². The van der Waals surface area contributed by atoms with Gasteiger partial charge in [-0.3, -0.25) is 15.0 Å². The third-order valence-corrected chi connectivity index (χ3v) is 6.49. The van der Waals surface area contributed by atoms with E-state index >= 15 is 0 Å². The summed E-state index contributed by atoms with van der Waals surface area (Å²) < 4.78 is 25.5. The Kier molecular flexibility index (Phi) is 4.16. The molecule has 0 aliphatic rings. The van der Waals surface area contributed by atoms with Gasteiger partial charge in [-0.25, -0.2) is 12.7 Å². The van der Waals surface area contributed by atoms with Gasteiger partial charge in [0.15, 0.2) is 0 Å². The predicted molar refractivity (Wildman–Crippen MR) is 106 cm³/mol. The summed E-state index contributed by atoms with van der Waals surface area (Å²) in [4.78, 5) is 14.6. The molecule has 0 radical (unpaired) electrons. The van der Waals surface area contributed by atoms with E-state index < -0.39 is 10.0 Å². The minimum atomic E-state index is -3.52. The van der Waals surface area contributed by atoms with Crippen LogP contribution in [0.2, 0.25) is 0 Å². The van der Waals surface area contributed by atoms with Crippen molar-refractivity contribution in [2.75, 3.05) is 26.0 Å². The minimum Gasteiger partial charge on any atom is -0.310 e. The summed E-state index contributed by atoms with van der Waals surface area (Å²) in [7, 11) is 1.05. The number of benzene rings is 2. The highest BCUT2D eigenvalue weighted by Crippen LogP contribution is 2.26. The second-order valence-corrected chi connectivity index (χ2v) is 8.69. The van der Waals surface area contributed by atoms with Crippen LogP contribution in [0.25, 0.3) is 21.8 Å². The van der Waals surface area contributed by atoms with Crippen LogP contribution >= 0.6 is 0 Å². The van der Waals surface area contributed by atoms with Crippen LogP contribution in [0.1, 0.15) is 10.5 Å². The molecule has 1 amide bonds. The topological polar surface area (TPSA) is 115 Å². The largest absolute Gasteiger partial charge is 0.310 e. The maximum Gasteiger partial charge on any atom is 0.276 e. The van der Waals surface area contributed by atoms with Gasteiger partial charge in [0.2, 0.25) is 10.0 Å². The Labute approximate surface area is 161 Å². The van der Waals surface area contributed by atoms with Gasteiger partial charge < -0.3 is 4.90 Å². The number of fused-ring (bicyclic) bond motifs is 3. The Morgan fingerprint density at radius 1 is 0.964 bits per heavy atom. The normalized spacial score (nSPS) is 12.1. The van der Waals surface area contributed by atoms with Gasteiger partial charge in [0.1, 0.15) is 11.2 Å². The van der Waals surface area contributed by atoms with Gasteiger partial charge in [0.05, 0.1) is 16.6 Å². The molecule has 144 valence electrons. The predicted octanol–water partition coefficient (Wildman–Crippen LogP) is 1.97. The molecule has 28 heavy (non-hydrogen) atoms. The van der Waals surface area contributed by atoms with Crippen LogP contribution in [-0.2, 0) is 10.0 Å². The van der Waals surface area contributed by atoms with Crippen molar-refractivity contribution in [1.82, 2.24) is 24.7 Å². The number of anilines is 1. The molecule has 10 heteroatoms. The lowest BCUT2D eigenvalue weighted by Gasteiger charge is -2.18. The molecule has 0 bridgehead atoms. The van der Waals surface area contributed by atoms with E-state index in [2.05, 4.69) is 20.4 Å². The highest BCUT2D eigenvalue weighted by molar-refractivity contribution is 7.89. The van der Waals surface area contributed by atoms with Crippen molar-refractivity contribution in [3.05, 3.63) is 48.3 Å². The molecular weight excluding hydrogens is 380 g/mol. The van der Waals surface area contributed by atoms with Crippen molar-refractivity contribution in [2.45, 2.75) is 4.90 Å². The van der Waals surface area contributed by atoms with Crippen molar-refractivity contribution < 1.29 is 13.2 Å². The molecule has 0 atom stereocenters. The number of carbonyl (C=O) groups excluding carboxylic acids is 1. The number of nitrogens with zero attached hydrogens (tertiary/aromatic N) is 4. The van der Waals surface area contributed by atoms with E-state index in [1.807, 2.05) is 12.1 Å². The smallest absolute Gasteiger partial charge is 0.276 e. The summed E-state index contributed by atoms with van der Waals surface area (Å²) in [5.74, 6) is -0.284. The van der Waals surface area contributed by atoms with Crippen LogP contribution in [0.3, 0.4) is 0 Å². The zero-order valence-electron chi connectivity index (χ0n) is 15.5. The Hall–Kier alpha value is -3.24. The quantitative estimate of drug-likeness (QED) is 0.545. The summed E-state index contributed by atoms with van der Waals surface area (Å²) in [5, 5.41) is 15.5. The average Bonchev–Trinajstić information content (AvgIpc) is 3.33. The van der Waals surface area contributed by atoms with Gasteiger partial charge in [-0.15, -0.1) is 0 Å². The Bertz CT molecular complexity index is 1290. The average molecular weight is 398 g/mol. The molecule has 2 N–H and O–H groups in total. The molecule has 0 fully saturated rings. The number of hydrogen-bond acceptors (Lipinski definition) is 5. The number of carbonyl (C=O) groups is 1. The van der Waals surface area contributed by atoms with E-state index in [1.165, 1.54) is 31.1 Å². The van der Waals surface area contributed by atoms with Crippen molar-refractivity contribution in [2.24, 2.45) is 0 Å². The van der Waals surface area contributed by atoms with E-state index in [0.717, 1.165) is 15.2 Å². The van der Waals surface area contributed by atoms with Crippen LogP contribution in [0, 0.1) is 0 Å². The standard InChI is InChI=1S/C18H18N6O3S/c1-23(2)28(26,27)12-6-4-11(5-7-12)24(3)18(25)17-13-8-9-15-14(10-19-20-15)16(13)21-22-17/h4-10H,1-3H3,(H,19,20)(H,21,22). The monoisotopic (exact) mass is 398 g/mol. The Balaban J connectivity index is 1.68. The van der Waals surface area contributed by atoms with Crippen LogP contribution in [-0.4, -0.2) is 60.2 Å². The zero-order valence-corrected chi connectivity index (χ0v) is 16.3. The highest BCUT2D eigenvalue weighted by atomic mass is 32.2. The lowest BCUT2D eigenvalue weighted by molar-refractivity contribution is 0.0989. The van der Waals surface area contributed by atoms with Crippen molar-refractivity contribution in [3.63, 3.8) is 0 Å². The number of aromatic nitrogens is 4. The van der Waals surface area contributed by atoms with Crippen molar-refractivity contribution in [1.29, 1.82) is 0 Å². The van der Waals surface area contributed by atoms with E-state index in [1.54, 1.807) is 25.4 Å². The molecule has 0 aliphatic carbocycles. The van der Waals surface area contributed by atoms with Gasteiger partial charge in [0, 0.05) is 37.6 Å². The van der Waals surface area contributed by atoms with Gasteiger partial charge in [-0.1, -0.05) is 0 Å². The van der Waals surface area contributed by atoms with E-state index in [-0.39, 0.29) is 10.8 Å². The fourth-order valence-corrected chi connectivity index (χ4v) is 3.90. The summed E-state index contributed by atoms with van der Waals surface area (Å²) >= 11 is 0. The van der Waals surface area contributed by atoms with E-state index in [0.29, 0.717) is 22.3 Å². The van der Waals surface area contributed by atoms with Crippen molar-refractivity contribution >= 4 is 43.4 Å². The number of rotatable bonds is 4. The number of nitrogens with one attached hydrogen (secondary N) is 2. The Morgan fingerprint density at radius 2 is 1.68 bits per heavy atom. The second kappa shape index (κ2) is 6.43. The molecule has 2 aromatic carbocycles. The van der Waals surface area contributed by atoms with Crippen molar-refractivity contribution in [3.8, 4) is 0 Å². The van der Waals surface area contributed by atoms with Gasteiger partial charge in [-0.05, 0) is 36.4 Å². The number of amides is 1. The van der Waals surface area contributed by atoms with Crippen LogP contribution in [0.4, 0.5) is 5.69 Å². The minimum absolute atomic E-state index is 0.163. The molecule has 2 aromatic heterocycles. The molecule has 4 aromatic rings. The molecule has 9 nitrogen and oxygen atoms in total.